The van der Waals surface area contributed by atoms with Gasteiger partial charge in [-0.25, -0.2) is 0 Å². The van der Waals surface area contributed by atoms with Gasteiger partial charge in [-0.15, -0.1) is 0 Å². The highest BCUT2D eigenvalue weighted by atomic mass is 28.3. The Morgan fingerprint density at radius 1 is 0.407 bits per heavy atom. The lowest BCUT2D eigenvalue weighted by atomic mass is 9.65. The molecule has 0 amide bonds. The smallest absolute Gasteiger partial charge is 0.113 e. The molecular formula is C56H56N2Si. The summed E-state index contributed by atoms with van der Waals surface area (Å²) in [4.78, 5) is 4.87. The van der Waals surface area contributed by atoms with Gasteiger partial charge >= 0.3 is 0 Å². The zero-order valence-corrected chi connectivity index (χ0v) is 35.8. The molecule has 1 aliphatic heterocycles. The van der Waals surface area contributed by atoms with Crippen LogP contribution in [0.15, 0.2) is 176 Å². The lowest BCUT2D eigenvalue weighted by Gasteiger charge is -2.39. The van der Waals surface area contributed by atoms with Crippen LogP contribution in [0, 0.1) is 0 Å². The second-order valence-electron chi connectivity index (χ2n) is 17.9. The molecule has 59 heavy (non-hydrogen) atoms. The number of anilines is 6. The van der Waals surface area contributed by atoms with Gasteiger partial charge < -0.3 is 9.80 Å². The number of rotatable bonds is 9. The quantitative estimate of drug-likeness (QED) is 0.135. The zero-order chi connectivity index (χ0) is 39.8. The molecule has 0 saturated heterocycles. The summed E-state index contributed by atoms with van der Waals surface area (Å²) in [6, 6.07) is 66.8. The molecule has 0 N–H and O–H groups in total. The Bertz CT molecular complexity index is 2510. The first kappa shape index (κ1) is 37.6. The lowest BCUT2D eigenvalue weighted by Crippen LogP contribution is -2.49. The molecule has 0 unspecified atom stereocenters. The molecule has 0 atom stereocenters. The largest absolute Gasteiger partial charge is 0.311 e. The van der Waals surface area contributed by atoms with Gasteiger partial charge in [-0.2, -0.15) is 0 Å². The van der Waals surface area contributed by atoms with E-state index < -0.39 is 8.07 Å². The van der Waals surface area contributed by atoms with Crippen molar-refractivity contribution < 1.29 is 0 Å². The van der Waals surface area contributed by atoms with Crippen molar-refractivity contribution in [3.63, 3.8) is 0 Å². The predicted molar refractivity (Wildman–Crippen MR) is 254 cm³/mol. The van der Waals surface area contributed by atoms with Crippen molar-refractivity contribution in [1.82, 2.24) is 0 Å². The van der Waals surface area contributed by atoms with Crippen LogP contribution in [0.1, 0.15) is 86.8 Å². The van der Waals surface area contributed by atoms with Gasteiger partial charge in [-0.05, 0) is 143 Å². The van der Waals surface area contributed by atoms with Gasteiger partial charge in [0.05, 0.1) is 0 Å². The second kappa shape index (κ2) is 15.8. The van der Waals surface area contributed by atoms with Crippen molar-refractivity contribution in [2.75, 3.05) is 9.80 Å². The van der Waals surface area contributed by atoms with Crippen LogP contribution >= 0.6 is 0 Å². The van der Waals surface area contributed by atoms with Gasteiger partial charge in [0.25, 0.3) is 0 Å². The predicted octanol–water partition coefficient (Wildman–Crippen LogP) is 14.7. The maximum absolute atomic E-state index is 2.49. The maximum atomic E-state index is 2.49. The van der Waals surface area contributed by atoms with Gasteiger partial charge in [-0.3, -0.25) is 0 Å². The minimum atomic E-state index is -1.74. The minimum absolute atomic E-state index is 0.0143. The van der Waals surface area contributed by atoms with Gasteiger partial charge in [0, 0.05) is 39.5 Å². The molecule has 10 rings (SSSR count). The molecule has 0 bridgehead atoms. The molecule has 0 aromatic heterocycles. The zero-order valence-electron chi connectivity index (χ0n) is 34.8. The Balaban J connectivity index is 0.988. The molecule has 3 aliphatic rings. The van der Waals surface area contributed by atoms with Crippen molar-refractivity contribution in [3.05, 3.63) is 193 Å². The summed E-state index contributed by atoms with van der Waals surface area (Å²) >= 11 is 0. The first-order valence-electron chi connectivity index (χ1n) is 22.3. The topological polar surface area (TPSA) is 6.48 Å². The van der Waals surface area contributed by atoms with Crippen molar-refractivity contribution in [2.24, 2.45) is 0 Å². The summed E-state index contributed by atoms with van der Waals surface area (Å²) in [6.07, 6.45) is 12.9. The van der Waals surface area contributed by atoms with Crippen molar-refractivity contribution in [3.8, 4) is 11.1 Å². The van der Waals surface area contributed by atoms with Crippen LogP contribution in [-0.4, -0.2) is 8.07 Å². The molecule has 7 aromatic carbocycles. The van der Waals surface area contributed by atoms with Crippen LogP contribution in [-0.2, 0) is 5.41 Å². The summed E-state index contributed by atoms with van der Waals surface area (Å²) in [5.74, 6) is 0.704. The van der Waals surface area contributed by atoms with Crippen LogP contribution < -0.4 is 20.2 Å². The highest BCUT2D eigenvalue weighted by Gasteiger charge is 2.38. The van der Waals surface area contributed by atoms with Gasteiger partial charge in [0.15, 0.2) is 0 Å². The third kappa shape index (κ3) is 6.94. The number of hydrogen-bond acceptors (Lipinski definition) is 2. The maximum Gasteiger partial charge on any atom is 0.113 e. The standard InChI is InChI=1S/C56H56N2Si/c1-59(2)54-24-14-13-23-52(54)53-41-51(37-38-55(53)59)58(47-21-11-5-12-22-47)50-35-29-45(30-36-50)56(39-15-6-16-40-56)44-27-33-49(34-28-44)57(46-19-9-4-10-20-46)48-31-25-43(26-32-48)42-17-7-3-8-18-42/h4-5,9-14,19-38,41-42H,3,6-8,15-18,39-40H2,1-2H3. The van der Waals surface area contributed by atoms with E-state index in [1.54, 1.807) is 5.19 Å². The molecule has 3 heteroatoms. The summed E-state index contributed by atoms with van der Waals surface area (Å²) < 4.78 is 0. The van der Waals surface area contributed by atoms with E-state index in [0.717, 1.165) is 0 Å². The van der Waals surface area contributed by atoms with E-state index >= 15 is 0 Å². The van der Waals surface area contributed by atoms with Crippen LogP contribution in [0.4, 0.5) is 34.1 Å². The molecule has 0 radical (unpaired) electrons. The number of benzene rings is 7. The van der Waals surface area contributed by atoms with Gasteiger partial charge in [0.1, 0.15) is 8.07 Å². The molecule has 7 aromatic rings. The van der Waals surface area contributed by atoms with E-state index in [1.807, 2.05) is 0 Å². The van der Waals surface area contributed by atoms with Crippen molar-refractivity contribution in [2.45, 2.75) is 88.6 Å². The fraction of sp³-hybridized carbons (Fsp3) is 0.250. The average Bonchev–Trinajstić information content (AvgIpc) is 3.53. The molecule has 2 nitrogen and oxygen atoms in total. The third-order valence-corrected chi connectivity index (χ3v) is 17.7. The molecule has 294 valence electrons. The van der Waals surface area contributed by atoms with Gasteiger partial charge in [-0.1, -0.05) is 155 Å². The van der Waals surface area contributed by atoms with E-state index in [0.29, 0.717) is 5.92 Å². The van der Waals surface area contributed by atoms with Crippen LogP contribution in [0.5, 0.6) is 0 Å². The fourth-order valence-corrected chi connectivity index (χ4v) is 14.1. The Hall–Kier alpha value is -5.64. The first-order valence-corrected chi connectivity index (χ1v) is 25.3. The summed E-state index contributed by atoms with van der Waals surface area (Å²) in [6.45, 7) is 4.99. The van der Waals surface area contributed by atoms with Crippen molar-refractivity contribution >= 4 is 52.6 Å². The molecule has 2 saturated carbocycles. The third-order valence-electron chi connectivity index (χ3n) is 14.1. The Morgan fingerprint density at radius 2 is 0.847 bits per heavy atom. The number of hydrogen-bond donors (Lipinski definition) is 0. The Labute approximate surface area is 353 Å². The molecular weight excluding hydrogens is 729 g/mol. The summed E-state index contributed by atoms with van der Waals surface area (Å²) in [5.41, 5.74) is 14.3. The normalized spacial score (nSPS) is 16.8. The SMILES string of the molecule is C[Si]1(C)c2ccccc2-c2cc(N(c3ccccc3)c3ccc(C4(c5ccc(N(c6ccccc6)c6ccc(C7CCCCC7)cc6)cc5)CCCCC4)cc3)ccc21. The average molecular weight is 785 g/mol. The van der Waals surface area contributed by atoms with E-state index in [2.05, 4.69) is 199 Å². The molecule has 1 heterocycles. The van der Waals surface area contributed by atoms with Crippen LogP contribution in [0.25, 0.3) is 11.1 Å². The van der Waals surface area contributed by atoms with Gasteiger partial charge in [0.2, 0.25) is 0 Å². The highest BCUT2D eigenvalue weighted by molar-refractivity contribution is 7.03. The highest BCUT2D eigenvalue weighted by Crippen LogP contribution is 2.47. The molecule has 0 spiro atoms. The summed E-state index contributed by atoms with van der Waals surface area (Å²) in [5, 5.41) is 3.08. The second-order valence-corrected chi connectivity index (χ2v) is 22.2. The Morgan fingerprint density at radius 3 is 1.42 bits per heavy atom. The van der Waals surface area contributed by atoms with E-state index in [-0.39, 0.29) is 5.41 Å². The number of fused-ring (bicyclic) bond motifs is 3. The van der Waals surface area contributed by atoms with Crippen LogP contribution in [0.3, 0.4) is 0 Å². The number of para-hydroxylation sites is 2. The number of nitrogens with zero attached hydrogens (tertiary/aromatic N) is 2. The minimum Gasteiger partial charge on any atom is -0.311 e. The fourth-order valence-electron chi connectivity index (χ4n) is 11.0. The molecule has 2 aliphatic carbocycles. The summed E-state index contributed by atoms with van der Waals surface area (Å²) in [7, 11) is -1.74. The van der Waals surface area contributed by atoms with E-state index in [1.165, 1.54) is 131 Å². The van der Waals surface area contributed by atoms with Crippen molar-refractivity contribution in [1.29, 1.82) is 0 Å². The van der Waals surface area contributed by atoms with Crippen LogP contribution in [0.2, 0.25) is 13.1 Å². The van der Waals surface area contributed by atoms with E-state index in [9.17, 15) is 0 Å². The monoisotopic (exact) mass is 784 g/mol. The lowest BCUT2D eigenvalue weighted by molar-refractivity contribution is 0.346. The Kier molecular flexibility index (Phi) is 10.1. The van der Waals surface area contributed by atoms with E-state index in [4.69, 9.17) is 0 Å². The molecule has 2 fully saturated rings. The first-order chi connectivity index (χ1) is 29.0.